The first-order valence-electron chi connectivity index (χ1n) is 12.6. The summed E-state index contributed by atoms with van der Waals surface area (Å²) in [5, 5.41) is 11.2. The molecule has 1 amide bonds. The standard InChI is InChI=1S/C27H29F3N6O3/c1-16(9-23-33-31-14-35(23)3)17-5-4-6-20(10-17)36-25(38)21-11-19(32-18-7-8-34(2)13-18)12-22(27(28,29)30)24(21)26(36)39-15-37/h4-6,10-12,14-16,18,26,32H,7-9,13H2,1-3H3/t16-,18+,26?/m1/s1. The number of ether oxygens (including phenoxy) is 1. The van der Waals surface area contributed by atoms with Crippen molar-refractivity contribution in [3.8, 4) is 0 Å². The quantitative estimate of drug-likeness (QED) is 0.428. The molecular formula is C27H29F3N6O3. The van der Waals surface area contributed by atoms with Crippen molar-refractivity contribution in [2.24, 2.45) is 7.05 Å². The van der Waals surface area contributed by atoms with E-state index in [1.54, 1.807) is 24.5 Å². The summed E-state index contributed by atoms with van der Waals surface area (Å²) in [6.07, 6.45) is -3.40. The summed E-state index contributed by atoms with van der Waals surface area (Å²) < 4.78 is 50.0. The van der Waals surface area contributed by atoms with Crippen LogP contribution in [0.5, 0.6) is 0 Å². The fourth-order valence-corrected chi connectivity index (χ4v) is 5.37. The number of carbonyl (C=O) groups is 2. The summed E-state index contributed by atoms with van der Waals surface area (Å²) in [4.78, 5) is 28.3. The molecule has 1 N–H and O–H groups in total. The molecule has 9 nitrogen and oxygen atoms in total. The molecule has 3 aromatic rings. The van der Waals surface area contributed by atoms with Gasteiger partial charge in [0.1, 0.15) is 12.2 Å². The third-order valence-corrected chi connectivity index (χ3v) is 7.37. The van der Waals surface area contributed by atoms with E-state index in [9.17, 15) is 22.8 Å². The second kappa shape index (κ2) is 10.3. The first kappa shape index (κ1) is 26.7. The van der Waals surface area contributed by atoms with E-state index >= 15 is 0 Å². The number of anilines is 2. The predicted octanol–water partition coefficient (Wildman–Crippen LogP) is 4.13. The van der Waals surface area contributed by atoms with Gasteiger partial charge in [-0.1, -0.05) is 19.1 Å². The molecule has 2 aliphatic rings. The maximum absolute atomic E-state index is 14.3. The van der Waals surface area contributed by atoms with Gasteiger partial charge in [0, 0.05) is 43.0 Å². The van der Waals surface area contributed by atoms with Crippen molar-refractivity contribution < 1.29 is 27.5 Å². The van der Waals surface area contributed by atoms with E-state index in [-0.39, 0.29) is 35.2 Å². The number of aromatic nitrogens is 3. The van der Waals surface area contributed by atoms with Crippen LogP contribution in [-0.2, 0) is 29.2 Å². The minimum absolute atomic E-state index is 0.0375. The molecule has 0 bridgehead atoms. The number of rotatable bonds is 8. The molecule has 0 spiro atoms. The lowest BCUT2D eigenvalue weighted by molar-refractivity contribution is -0.142. The van der Waals surface area contributed by atoms with Crippen LogP contribution in [0.25, 0.3) is 0 Å². The van der Waals surface area contributed by atoms with Gasteiger partial charge in [-0.05, 0) is 55.8 Å². The fourth-order valence-electron chi connectivity index (χ4n) is 5.37. The van der Waals surface area contributed by atoms with Gasteiger partial charge in [-0.3, -0.25) is 14.5 Å². The van der Waals surface area contributed by atoms with Crippen LogP contribution in [0.4, 0.5) is 24.5 Å². The van der Waals surface area contributed by atoms with Gasteiger partial charge >= 0.3 is 6.18 Å². The molecule has 1 aromatic heterocycles. The molecule has 2 aliphatic heterocycles. The molecule has 5 rings (SSSR count). The number of amides is 1. The first-order chi connectivity index (χ1) is 18.6. The number of benzene rings is 2. The molecule has 1 unspecified atom stereocenters. The Morgan fingerprint density at radius 3 is 2.67 bits per heavy atom. The first-order valence-corrected chi connectivity index (χ1v) is 12.6. The van der Waals surface area contributed by atoms with Crippen molar-refractivity contribution in [1.82, 2.24) is 19.7 Å². The molecule has 0 aliphatic carbocycles. The summed E-state index contributed by atoms with van der Waals surface area (Å²) >= 11 is 0. The summed E-state index contributed by atoms with van der Waals surface area (Å²) in [7, 11) is 3.78. The van der Waals surface area contributed by atoms with Crippen molar-refractivity contribution >= 4 is 23.8 Å². The van der Waals surface area contributed by atoms with Crippen LogP contribution < -0.4 is 10.2 Å². The van der Waals surface area contributed by atoms with Gasteiger partial charge in [0.25, 0.3) is 12.4 Å². The summed E-state index contributed by atoms with van der Waals surface area (Å²) in [6.45, 7) is 3.55. The van der Waals surface area contributed by atoms with Gasteiger partial charge in [0.05, 0.1) is 11.1 Å². The van der Waals surface area contributed by atoms with Gasteiger partial charge in [0.15, 0.2) is 0 Å². The van der Waals surface area contributed by atoms with Crippen LogP contribution in [0.15, 0.2) is 42.7 Å². The van der Waals surface area contributed by atoms with E-state index in [1.807, 2.05) is 31.7 Å². The van der Waals surface area contributed by atoms with E-state index in [4.69, 9.17) is 4.74 Å². The lowest BCUT2D eigenvalue weighted by Crippen LogP contribution is -2.29. The van der Waals surface area contributed by atoms with Crippen LogP contribution in [0.2, 0.25) is 0 Å². The number of hydrogen-bond donors (Lipinski definition) is 1. The van der Waals surface area contributed by atoms with Crippen molar-refractivity contribution in [3.05, 3.63) is 70.8 Å². The Labute approximate surface area is 223 Å². The average molecular weight is 543 g/mol. The number of hydrogen-bond acceptors (Lipinski definition) is 7. The fraction of sp³-hybridized carbons (Fsp3) is 0.407. The minimum Gasteiger partial charge on any atom is -0.439 e. The molecule has 3 heterocycles. The second-order valence-electron chi connectivity index (χ2n) is 10.2. The number of aryl methyl sites for hydroxylation is 1. The maximum Gasteiger partial charge on any atom is 0.416 e. The van der Waals surface area contributed by atoms with Crippen molar-refractivity contribution in [2.75, 3.05) is 30.4 Å². The normalized spacial score (nSPS) is 20.3. The minimum atomic E-state index is -4.78. The highest BCUT2D eigenvalue weighted by Crippen LogP contribution is 2.46. The van der Waals surface area contributed by atoms with Gasteiger partial charge in [0.2, 0.25) is 6.23 Å². The van der Waals surface area contributed by atoms with Gasteiger partial charge in [-0.15, -0.1) is 10.2 Å². The Kier molecular flexibility index (Phi) is 7.06. The highest BCUT2D eigenvalue weighted by Gasteiger charge is 2.47. The Morgan fingerprint density at radius 2 is 2.03 bits per heavy atom. The molecule has 1 saturated heterocycles. The van der Waals surface area contributed by atoms with Crippen LogP contribution in [0.1, 0.15) is 58.4 Å². The predicted molar refractivity (Wildman–Crippen MR) is 137 cm³/mol. The average Bonchev–Trinajstić information content (AvgIpc) is 3.56. The van der Waals surface area contributed by atoms with E-state index in [0.717, 1.165) is 35.3 Å². The SMILES string of the molecule is C[C@H](Cc1nncn1C)c1cccc(N2C(=O)c3cc(N[C@H]4CCN(C)C4)cc(C(F)(F)F)c3C2OC=O)c1. The lowest BCUT2D eigenvalue weighted by atomic mass is 9.96. The van der Waals surface area contributed by atoms with E-state index < -0.39 is 23.9 Å². The zero-order chi connectivity index (χ0) is 27.9. The molecule has 1 fully saturated rings. The number of fused-ring (bicyclic) bond motifs is 1. The van der Waals surface area contributed by atoms with Crippen molar-refractivity contribution in [2.45, 2.75) is 44.1 Å². The highest BCUT2D eigenvalue weighted by molar-refractivity contribution is 6.12. The van der Waals surface area contributed by atoms with Crippen LogP contribution in [0.3, 0.4) is 0 Å². The largest absolute Gasteiger partial charge is 0.439 e. The number of nitrogens with zero attached hydrogens (tertiary/aromatic N) is 5. The molecule has 0 radical (unpaired) electrons. The van der Waals surface area contributed by atoms with Gasteiger partial charge in [-0.2, -0.15) is 13.2 Å². The third-order valence-electron chi connectivity index (χ3n) is 7.37. The lowest BCUT2D eigenvalue weighted by Gasteiger charge is -2.26. The Bertz CT molecular complexity index is 1390. The number of halogens is 3. The van der Waals surface area contributed by atoms with E-state index in [0.29, 0.717) is 18.7 Å². The molecule has 3 atom stereocenters. The van der Waals surface area contributed by atoms with Crippen LogP contribution in [0, 0.1) is 0 Å². The number of likely N-dealkylation sites (N-methyl/N-ethyl adjacent to an activating group) is 1. The number of likely N-dealkylation sites (tertiary alicyclic amines) is 1. The summed E-state index contributed by atoms with van der Waals surface area (Å²) in [5.74, 6) is 0.0557. The zero-order valence-corrected chi connectivity index (χ0v) is 21.8. The second-order valence-corrected chi connectivity index (χ2v) is 10.2. The number of carbonyl (C=O) groups excluding carboxylic acids is 2. The number of alkyl halides is 3. The summed E-state index contributed by atoms with van der Waals surface area (Å²) in [5.41, 5.74) is -0.164. The molecule has 12 heteroatoms. The molecule has 2 aromatic carbocycles. The molecule has 0 saturated carbocycles. The third kappa shape index (κ3) is 5.20. The smallest absolute Gasteiger partial charge is 0.416 e. The van der Waals surface area contributed by atoms with Gasteiger partial charge < -0.3 is 19.5 Å². The van der Waals surface area contributed by atoms with Crippen LogP contribution >= 0.6 is 0 Å². The van der Waals surface area contributed by atoms with Crippen LogP contribution in [-0.4, -0.2) is 58.2 Å². The Hall–Kier alpha value is -3.93. The Balaban J connectivity index is 1.52. The van der Waals surface area contributed by atoms with E-state index in [2.05, 4.69) is 20.4 Å². The molecule has 206 valence electrons. The molecule has 39 heavy (non-hydrogen) atoms. The van der Waals surface area contributed by atoms with Gasteiger partial charge in [-0.25, -0.2) is 0 Å². The van der Waals surface area contributed by atoms with Crippen molar-refractivity contribution in [1.29, 1.82) is 0 Å². The zero-order valence-electron chi connectivity index (χ0n) is 21.8. The summed E-state index contributed by atoms with van der Waals surface area (Å²) in [6, 6.07) is 9.31. The maximum atomic E-state index is 14.3. The molecular weight excluding hydrogens is 513 g/mol. The number of nitrogens with one attached hydrogen (secondary N) is 1. The Morgan fingerprint density at radius 1 is 1.23 bits per heavy atom. The topological polar surface area (TPSA) is 92.6 Å². The van der Waals surface area contributed by atoms with E-state index in [1.165, 1.54) is 6.07 Å². The monoisotopic (exact) mass is 542 g/mol. The van der Waals surface area contributed by atoms with Crippen molar-refractivity contribution in [3.63, 3.8) is 0 Å². The highest BCUT2D eigenvalue weighted by atomic mass is 19.4.